The lowest BCUT2D eigenvalue weighted by Gasteiger charge is -2.31. The van der Waals surface area contributed by atoms with Crippen LogP contribution in [0.15, 0.2) is 87.6 Å². The normalized spacial score (nSPS) is 17.7. The molecule has 0 spiro atoms. The van der Waals surface area contributed by atoms with Crippen molar-refractivity contribution < 1.29 is 17.9 Å². The molecule has 1 atom stereocenters. The minimum Gasteiger partial charge on any atom is -0.427 e. The zero-order chi connectivity index (χ0) is 21.4. The molecule has 0 aliphatic carbocycles. The van der Waals surface area contributed by atoms with Gasteiger partial charge in [0.2, 0.25) is 9.84 Å². The van der Waals surface area contributed by atoms with E-state index in [1.54, 1.807) is 60.7 Å². The number of ether oxygens (including phenoxy) is 1. The maximum Gasteiger partial charge on any atom is 0.308 e. The number of anilines is 1. The van der Waals surface area contributed by atoms with Crippen molar-refractivity contribution in [2.75, 3.05) is 5.32 Å². The summed E-state index contributed by atoms with van der Waals surface area (Å²) in [6, 6.07) is 19.6. The Bertz CT molecular complexity index is 1240. The van der Waals surface area contributed by atoms with Gasteiger partial charge in [-0.25, -0.2) is 13.4 Å². The van der Waals surface area contributed by atoms with Gasteiger partial charge in [0.25, 0.3) is 0 Å². The number of nitrogens with one attached hydrogen (secondary N) is 1. The van der Waals surface area contributed by atoms with Crippen LogP contribution in [0.2, 0.25) is 0 Å². The summed E-state index contributed by atoms with van der Waals surface area (Å²) < 4.78 is 30.8. The largest absolute Gasteiger partial charge is 0.427 e. The van der Waals surface area contributed by atoms with Crippen molar-refractivity contribution >= 4 is 27.8 Å². The third-order valence-corrected chi connectivity index (χ3v) is 6.60. The molecule has 1 aliphatic rings. The van der Waals surface area contributed by atoms with E-state index in [4.69, 9.17) is 10.5 Å². The second-order valence-corrected chi connectivity index (χ2v) is 8.76. The van der Waals surface area contributed by atoms with Crippen molar-refractivity contribution in [3.05, 3.63) is 83.9 Å². The molecule has 8 heteroatoms. The highest BCUT2D eigenvalue weighted by molar-refractivity contribution is 7.91. The van der Waals surface area contributed by atoms with E-state index in [-0.39, 0.29) is 9.79 Å². The van der Waals surface area contributed by atoms with Crippen molar-refractivity contribution in [2.45, 2.75) is 22.4 Å². The molecule has 0 fully saturated rings. The molecular formula is C22H19N3O4S. The van der Waals surface area contributed by atoms with Crippen molar-refractivity contribution in [3.8, 4) is 5.75 Å². The fourth-order valence-electron chi connectivity index (χ4n) is 3.32. The molecule has 1 heterocycles. The van der Waals surface area contributed by atoms with Gasteiger partial charge in [0.15, 0.2) is 5.66 Å². The summed E-state index contributed by atoms with van der Waals surface area (Å²) in [5.74, 6) is -0.0986. The Morgan fingerprint density at radius 3 is 2.33 bits per heavy atom. The maximum atomic E-state index is 12.8. The fraction of sp³-hybridized carbons (Fsp3) is 0.0909. The van der Waals surface area contributed by atoms with Crippen LogP contribution in [0.25, 0.3) is 0 Å². The first-order valence-corrected chi connectivity index (χ1v) is 10.6. The predicted molar refractivity (Wildman–Crippen MR) is 113 cm³/mol. The molecule has 0 bridgehead atoms. The van der Waals surface area contributed by atoms with E-state index in [1.165, 1.54) is 25.4 Å². The first kappa shape index (κ1) is 19.8. The standard InChI is InChI=1S/C22H19N3O4S/c1-15(26)29-17-9-12-21-20(13-17)22(23,25-14-24-21)16-7-10-19(11-8-16)30(27,28)18-5-3-2-4-6-18/h2-14H,23H2,1H3,(H,24,25). The van der Waals surface area contributed by atoms with Gasteiger partial charge in [-0.3, -0.25) is 10.5 Å². The van der Waals surface area contributed by atoms with Crippen molar-refractivity contribution in [1.29, 1.82) is 0 Å². The Hall–Kier alpha value is -3.49. The molecule has 1 aliphatic heterocycles. The quantitative estimate of drug-likeness (QED) is 0.495. The number of aliphatic imine (C=N–C) groups is 1. The molecule has 0 saturated carbocycles. The lowest BCUT2D eigenvalue weighted by Crippen LogP contribution is -2.39. The van der Waals surface area contributed by atoms with E-state index in [1.807, 2.05) is 0 Å². The Balaban J connectivity index is 1.74. The average Bonchev–Trinajstić information content (AvgIpc) is 2.75. The molecule has 3 aromatic rings. The summed E-state index contributed by atoms with van der Waals surface area (Å²) >= 11 is 0. The van der Waals surface area contributed by atoms with Crippen LogP contribution in [0.3, 0.4) is 0 Å². The summed E-state index contributed by atoms with van der Waals surface area (Å²) in [4.78, 5) is 16.1. The number of hydrogen-bond acceptors (Lipinski definition) is 7. The molecule has 1 unspecified atom stereocenters. The second kappa shape index (κ2) is 7.40. The van der Waals surface area contributed by atoms with Crippen LogP contribution in [0.1, 0.15) is 18.1 Å². The number of esters is 1. The van der Waals surface area contributed by atoms with Crippen LogP contribution in [0.5, 0.6) is 5.75 Å². The van der Waals surface area contributed by atoms with E-state index in [0.29, 0.717) is 22.6 Å². The molecule has 3 N–H and O–H groups in total. The van der Waals surface area contributed by atoms with E-state index in [9.17, 15) is 13.2 Å². The van der Waals surface area contributed by atoms with Gasteiger partial charge in [-0.15, -0.1) is 0 Å². The smallest absolute Gasteiger partial charge is 0.308 e. The molecule has 30 heavy (non-hydrogen) atoms. The highest BCUT2D eigenvalue weighted by atomic mass is 32.2. The maximum absolute atomic E-state index is 12.8. The molecule has 0 amide bonds. The third-order valence-electron chi connectivity index (χ3n) is 4.81. The van der Waals surface area contributed by atoms with Crippen LogP contribution in [0, 0.1) is 0 Å². The van der Waals surface area contributed by atoms with Crippen molar-refractivity contribution in [2.24, 2.45) is 10.7 Å². The van der Waals surface area contributed by atoms with Gasteiger partial charge in [-0.1, -0.05) is 30.3 Å². The molecule has 4 rings (SSSR count). The van der Waals surface area contributed by atoms with E-state index < -0.39 is 21.5 Å². The van der Waals surface area contributed by atoms with E-state index in [2.05, 4.69) is 10.3 Å². The number of nitrogens with zero attached hydrogens (tertiary/aromatic N) is 1. The average molecular weight is 421 g/mol. The van der Waals surface area contributed by atoms with Gasteiger partial charge in [0, 0.05) is 18.2 Å². The van der Waals surface area contributed by atoms with Crippen LogP contribution in [-0.4, -0.2) is 20.7 Å². The lowest BCUT2D eigenvalue weighted by molar-refractivity contribution is -0.131. The SMILES string of the molecule is CC(=O)Oc1ccc2c(c1)C(N)(c1ccc(S(=O)(=O)c3ccccc3)cc1)N=CN2. The first-order valence-electron chi connectivity index (χ1n) is 9.13. The molecule has 0 aromatic heterocycles. The van der Waals surface area contributed by atoms with Crippen molar-refractivity contribution in [1.82, 2.24) is 0 Å². The van der Waals surface area contributed by atoms with Gasteiger partial charge in [-0.2, -0.15) is 0 Å². The summed E-state index contributed by atoms with van der Waals surface area (Å²) in [7, 11) is -3.64. The number of carbonyl (C=O) groups excluding carboxylic acids is 1. The number of carbonyl (C=O) groups is 1. The number of rotatable bonds is 4. The third kappa shape index (κ3) is 3.47. The molecular weight excluding hydrogens is 402 g/mol. The van der Waals surface area contributed by atoms with E-state index in [0.717, 1.165) is 0 Å². The van der Waals surface area contributed by atoms with Crippen LogP contribution >= 0.6 is 0 Å². The first-order chi connectivity index (χ1) is 14.3. The zero-order valence-corrected chi connectivity index (χ0v) is 16.9. The van der Waals surface area contributed by atoms with Gasteiger partial charge in [0.1, 0.15) is 5.75 Å². The fourth-order valence-corrected chi connectivity index (χ4v) is 4.60. The van der Waals surface area contributed by atoms with Gasteiger partial charge in [-0.05, 0) is 48.0 Å². The predicted octanol–water partition coefficient (Wildman–Crippen LogP) is 3.06. The van der Waals surface area contributed by atoms with Gasteiger partial charge in [0.05, 0.1) is 16.1 Å². The zero-order valence-electron chi connectivity index (χ0n) is 16.1. The molecule has 3 aromatic carbocycles. The number of nitrogens with two attached hydrogens (primary N) is 1. The van der Waals surface area contributed by atoms with Crippen LogP contribution in [-0.2, 0) is 20.3 Å². The molecule has 7 nitrogen and oxygen atoms in total. The van der Waals surface area contributed by atoms with Crippen molar-refractivity contribution in [3.63, 3.8) is 0 Å². The number of hydrogen-bond donors (Lipinski definition) is 2. The summed E-state index contributed by atoms with van der Waals surface area (Å²) in [5.41, 5.74) is 7.27. The number of benzene rings is 3. The Labute approximate surface area is 174 Å². The monoisotopic (exact) mass is 421 g/mol. The summed E-state index contributed by atoms with van der Waals surface area (Å²) in [5, 5.41) is 3.02. The highest BCUT2D eigenvalue weighted by Crippen LogP contribution is 2.38. The van der Waals surface area contributed by atoms with Gasteiger partial charge >= 0.3 is 5.97 Å². The molecule has 0 saturated heterocycles. The van der Waals surface area contributed by atoms with E-state index >= 15 is 0 Å². The summed E-state index contributed by atoms with van der Waals surface area (Å²) in [6.07, 6.45) is 1.49. The van der Waals surface area contributed by atoms with Crippen LogP contribution in [0.4, 0.5) is 5.69 Å². The topological polar surface area (TPSA) is 111 Å². The lowest BCUT2D eigenvalue weighted by atomic mass is 9.90. The second-order valence-electron chi connectivity index (χ2n) is 6.81. The van der Waals surface area contributed by atoms with Gasteiger partial charge < -0.3 is 10.1 Å². The minimum absolute atomic E-state index is 0.160. The highest BCUT2D eigenvalue weighted by Gasteiger charge is 2.34. The number of fused-ring (bicyclic) bond motifs is 1. The summed E-state index contributed by atoms with van der Waals surface area (Å²) in [6.45, 7) is 1.32. The Kier molecular flexibility index (Phi) is 4.89. The molecule has 0 radical (unpaired) electrons. The minimum atomic E-state index is -3.64. The Morgan fingerprint density at radius 2 is 1.67 bits per heavy atom. The molecule has 152 valence electrons. The van der Waals surface area contributed by atoms with Crippen LogP contribution < -0.4 is 15.8 Å². The number of sulfone groups is 1. The Morgan fingerprint density at radius 1 is 1.00 bits per heavy atom.